The van der Waals surface area contributed by atoms with E-state index in [1.165, 1.54) is 17.2 Å². The molecule has 0 atom stereocenters. The third-order valence-corrected chi connectivity index (χ3v) is 3.43. The van der Waals surface area contributed by atoms with Crippen molar-refractivity contribution in [2.75, 3.05) is 27.2 Å². The number of hydrogen-bond acceptors (Lipinski definition) is 3. The van der Waals surface area contributed by atoms with Gasteiger partial charge in [-0.15, -0.1) is 0 Å². The molecule has 0 amide bonds. The van der Waals surface area contributed by atoms with Gasteiger partial charge >= 0.3 is 0 Å². The maximum atomic E-state index is 4.88. The third kappa shape index (κ3) is 2.75. The quantitative estimate of drug-likeness (QED) is 0.880. The first-order valence-corrected chi connectivity index (χ1v) is 6.84. The molecule has 2 heterocycles. The molecular formula is C14H26N4. The van der Waals surface area contributed by atoms with E-state index in [2.05, 4.69) is 49.7 Å². The number of likely N-dealkylation sites (N-methyl/N-ethyl adjacent to an activating group) is 1. The highest BCUT2D eigenvalue weighted by Gasteiger charge is 2.26. The summed E-state index contributed by atoms with van der Waals surface area (Å²) in [5, 5.41) is 3.41. The van der Waals surface area contributed by atoms with Crippen molar-refractivity contribution in [3.05, 3.63) is 17.2 Å². The smallest absolute Gasteiger partial charge is 0.114 e. The first-order chi connectivity index (χ1) is 8.39. The lowest BCUT2D eigenvalue weighted by Crippen LogP contribution is -2.28. The van der Waals surface area contributed by atoms with Crippen molar-refractivity contribution in [1.29, 1.82) is 0 Å². The van der Waals surface area contributed by atoms with Crippen LogP contribution >= 0.6 is 0 Å². The van der Waals surface area contributed by atoms with Crippen LogP contribution in [0.3, 0.4) is 0 Å². The molecule has 0 unspecified atom stereocenters. The predicted octanol–water partition coefficient (Wildman–Crippen LogP) is 1.39. The fourth-order valence-electron chi connectivity index (χ4n) is 2.48. The lowest BCUT2D eigenvalue weighted by atomic mass is 9.95. The fourth-order valence-corrected chi connectivity index (χ4v) is 2.48. The minimum atomic E-state index is 0.115. The van der Waals surface area contributed by atoms with Crippen LogP contribution in [0.5, 0.6) is 0 Å². The number of imidazole rings is 1. The molecule has 0 saturated heterocycles. The van der Waals surface area contributed by atoms with Crippen molar-refractivity contribution in [2.24, 2.45) is 0 Å². The standard InChI is InChI=1S/C14H26N4/c1-14(2,3)13-16-11-10-15-7-6-12(11)18(13)9-8-17(4)5/h15H,6-10H2,1-5H3. The molecule has 1 aromatic rings. The molecule has 0 spiro atoms. The number of nitrogens with one attached hydrogen (secondary N) is 1. The van der Waals surface area contributed by atoms with Crippen LogP contribution in [-0.2, 0) is 24.9 Å². The molecule has 2 rings (SSSR count). The zero-order valence-electron chi connectivity index (χ0n) is 12.4. The van der Waals surface area contributed by atoms with Gasteiger partial charge in [0, 0.05) is 43.7 Å². The molecule has 1 aliphatic rings. The molecule has 0 radical (unpaired) electrons. The summed E-state index contributed by atoms with van der Waals surface area (Å²) in [6.45, 7) is 10.9. The topological polar surface area (TPSA) is 33.1 Å². The van der Waals surface area contributed by atoms with Crippen molar-refractivity contribution >= 4 is 0 Å². The average molecular weight is 250 g/mol. The van der Waals surface area contributed by atoms with Crippen molar-refractivity contribution in [1.82, 2.24) is 19.8 Å². The van der Waals surface area contributed by atoms with E-state index in [4.69, 9.17) is 4.98 Å². The molecule has 0 saturated carbocycles. The van der Waals surface area contributed by atoms with Crippen LogP contribution < -0.4 is 5.32 Å². The van der Waals surface area contributed by atoms with Gasteiger partial charge in [0.2, 0.25) is 0 Å². The highest BCUT2D eigenvalue weighted by Crippen LogP contribution is 2.26. The van der Waals surface area contributed by atoms with Crippen LogP contribution in [0.25, 0.3) is 0 Å². The van der Waals surface area contributed by atoms with E-state index in [0.717, 1.165) is 32.6 Å². The normalized spacial score (nSPS) is 16.1. The van der Waals surface area contributed by atoms with Crippen LogP contribution in [-0.4, -0.2) is 41.6 Å². The average Bonchev–Trinajstić information content (AvgIpc) is 2.64. The molecule has 1 aliphatic heterocycles. The Hall–Kier alpha value is -0.870. The minimum Gasteiger partial charge on any atom is -0.330 e. The number of rotatable bonds is 3. The van der Waals surface area contributed by atoms with Gasteiger partial charge in [0.25, 0.3) is 0 Å². The maximum Gasteiger partial charge on any atom is 0.114 e. The molecule has 0 aromatic carbocycles. The highest BCUT2D eigenvalue weighted by molar-refractivity contribution is 5.23. The van der Waals surface area contributed by atoms with Gasteiger partial charge in [0.1, 0.15) is 5.82 Å². The van der Waals surface area contributed by atoms with Crippen LogP contribution in [0.2, 0.25) is 0 Å². The van der Waals surface area contributed by atoms with E-state index in [1.54, 1.807) is 0 Å². The Balaban J connectivity index is 2.36. The summed E-state index contributed by atoms with van der Waals surface area (Å²) in [7, 11) is 4.25. The number of hydrogen-bond donors (Lipinski definition) is 1. The van der Waals surface area contributed by atoms with E-state index < -0.39 is 0 Å². The largest absolute Gasteiger partial charge is 0.330 e. The van der Waals surface area contributed by atoms with E-state index in [0.29, 0.717) is 0 Å². The molecule has 1 N–H and O–H groups in total. The van der Waals surface area contributed by atoms with Crippen molar-refractivity contribution in [2.45, 2.75) is 45.7 Å². The summed E-state index contributed by atoms with van der Waals surface area (Å²) in [5.74, 6) is 1.23. The van der Waals surface area contributed by atoms with Crippen molar-refractivity contribution in [3.63, 3.8) is 0 Å². The lowest BCUT2D eigenvalue weighted by Gasteiger charge is -2.23. The fraction of sp³-hybridized carbons (Fsp3) is 0.786. The maximum absolute atomic E-state index is 4.88. The van der Waals surface area contributed by atoms with Crippen LogP contribution in [0.4, 0.5) is 0 Å². The van der Waals surface area contributed by atoms with Gasteiger partial charge in [0.15, 0.2) is 0 Å². The summed E-state index contributed by atoms with van der Waals surface area (Å²) >= 11 is 0. The summed E-state index contributed by atoms with van der Waals surface area (Å²) in [6.07, 6.45) is 1.10. The number of nitrogens with zero attached hydrogens (tertiary/aromatic N) is 3. The van der Waals surface area contributed by atoms with Gasteiger partial charge in [-0.3, -0.25) is 0 Å². The van der Waals surface area contributed by atoms with Crippen molar-refractivity contribution < 1.29 is 0 Å². The molecule has 0 aliphatic carbocycles. The minimum absolute atomic E-state index is 0.115. The SMILES string of the molecule is CN(C)CCn1c(C(C)(C)C)nc2c1CCNC2. The highest BCUT2D eigenvalue weighted by atomic mass is 15.2. The van der Waals surface area contributed by atoms with E-state index >= 15 is 0 Å². The molecule has 18 heavy (non-hydrogen) atoms. The first-order valence-electron chi connectivity index (χ1n) is 6.84. The second-order valence-corrected chi connectivity index (χ2v) is 6.46. The molecule has 102 valence electrons. The molecule has 1 aromatic heterocycles. The molecule has 4 nitrogen and oxygen atoms in total. The number of fused-ring (bicyclic) bond motifs is 1. The van der Waals surface area contributed by atoms with Crippen LogP contribution in [0, 0.1) is 0 Å². The van der Waals surface area contributed by atoms with Gasteiger partial charge < -0.3 is 14.8 Å². The Kier molecular flexibility index (Phi) is 3.78. The third-order valence-electron chi connectivity index (χ3n) is 3.43. The van der Waals surface area contributed by atoms with Crippen LogP contribution in [0.1, 0.15) is 38.0 Å². The summed E-state index contributed by atoms with van der Waals surface area (Å²) < 4.78 is 2.45. The molecule has 0 fully saturated rings. The molecular weight excluding hydrogens is 224 g/mol. The zero-order chi connectivity index (χ0) is 13.3. The summed E-state index contributed by atoms with van der Waals surface area (Å²) in [5.41, 5.74) is 2.81. The van der Waals surface area contributed by atoms with Gasteiger partial charge in [-0.05, 0) is 14.1 Å². The van der Waals surface area contributed by atoms with Gasteiger partial charge in [-0.2, -0.15) is 0 Å². The van der Waals surface area contributed by atoms with Gasteiger partial charge in [-0.25, -0.2) is 4.98 Å². The monoisotopic (exact) mass is 250 g/mol. The Labute approximate surface area is 110 Å². The molecule has 4 heteroatoms. The second-order valence-electron chi connectivity index (χ2n) is 6.46. The van der Waals surface area contributed by atoms with Gasteiger partial charge in [0.05, 0.1) is 5.69 Å². The Morgan fingerprint density at radius 1 is 1.33 bits per heavy atom. The Morgan fingerprint density at radius 2 is 2.06 bits per heavy atom. The van der Waals surface area contributed by atoms with Gasteiger partial charge in [-0.1, -0.05) is 20.8 Å². The zero-order valence-corrected chi connectivity index (χ0v) is 12.4. The lowest BCUT2D eigenvalue weighted by molar-refractivity contribution is 0.367. The van der Waals surface area contributed by atoms with E-state index in [9.17, 15) is 0 Å². The Bertz CT molecular complexity index is 412. The van der Waals surface area contributed by atoms with Crippen LogP contribution in [0.15, 0.2) is 0 Å². The first kappa shape index (κ1) is 13.6. The van der Waals surface area contributed by atoms with E-state index in [-0.39, 0.29) is 5.41 Å². The van der Waals surface area contributed by atoms with E-state index in [1.807, 2.05) is 0 Å². The molecule has 0 bridgehead atoms. The Morgan fingerprint density at radius 3 is 2.67 bits per heavy atom. The summed E-state index contributed by atoms with van der Waals surface area (Å²) in [4.78, 5) is 7.12. The van der Waals surface area contributed by atoms with Crippen molar-refractivity contribution in [3.8, 4) is 0 Å². The summed E-state index contributed by atoms with van der Waals surface area (Å²) in [6, 6.07) is 0. The second kappa shape index (κ2) is 5.02. The predicted molar refractivity (Wildman–Crippen MR) is 74.9 cm³/mol. The number of aromatic nitrogens is 2.